The van der Waals surface area contributed by atoms with Crippen molar-refractivity contribution in [2.24, 2.45) is 0 Å². The van der Waals surface area contributed by atoms with Gasteiger partial charge in [0.05, 0.1) is 6.61 Å². The molecule has 0 aromatic rings. The molecule has 0 amide bonds. The lowest BCUT2D eigenvalue weighted by Crippen LogP contribution is -2.75. The number of hydrogen-bond donors (Lipinski definition) is 0. The zero-order chi connectivity index (χ0) is 35.3. The number of alkyl halides is 21. The van der Waals surface area contributed by atoms with Crippen LogP contribution >= 0.6 is 0 Å². The molecule has 0 aromatic carbocycles. The van der Waals surface area contributed by atoms with E-state index in [0.29, 0.717) is 0 Å². The normalized spacial score (nSPS) is 16.9. The zero-order valence-corrected chi connectivity index (χ0v) is 20.9. The lowest BCUT2D eigenvalue weighted by Gasteiger charge is -2.42. The second kappa shape index (κ2) is 11.6. The first-order valence-electron chi connectivity index (χ1n) is 10.1. The summed E-state index contributed by atoms with van der Waals surface area (Å²) in [5.41, 5.74) is 0. The van der Waals surface area contributed by atoms with Crippen molar-refractivity contribution in [3.05, 3.63) is 0 Å². The molecule has 260 valence electrons. The highest BCUT2D eigenvalue weighted by atomic mass is 32.2. The molecule has 43 heavy (non-hydrogen) atoms. The molecule has 0 saturated carbocycles. The molecule has 0 rings (SSSR count). The Balaban J connectivity index is 6.59. The van der Waals surface area contributed by atoms with Crippen LogP contribution in [-0.2, 0) is 23.8 Å². The Bertz CT molecular complexity index is 1070. The molecule has 0 spiro atoms. The number of unbranched alkanes of at least 4 members (excludes halogenated alkanes) is 1. The van der Waals surface area contributed by atoms with E-state index in [9.17, 15) is 101 Å². The third-order valence-corrected chi connectivity index (χ3v) is 6.11. The molecule has 0 aromatic heterocycles. The summed E-state index contributed by atoms with van der Waals surface area (Å²) in [6.45, 7) is -0.374. The van der Waals surface area contributed by atoms with E-state index in [1.165, 1.54) is 6.92 Å². The number of ether oxygens (including phenoxy) is 2. The van der Waals surface area contributed by atoms with Gasteiger partial charge in [-0.15, -0.1) is 0 Å². The molecule has 5 nitrogen and oxygen atoms in total. The van der Waals surface area contributed by atoms with Gasteiger partial charge >= 0.3 is 69.3 Å². The Hall–Kier alpha value is -1.64. The van der Waals surface area contributed by atoms with Gasteiger partial charge in [-0.25, -0.2) is 4.18 Å². The maximum atomic E-state index is 13.9. The van der Waals surface area contributed by atoms with Crippen LogP contribution in [0, 0.1) is 0 Å². The van der Waals surface area contributed by atoms with Gasteiger partial charge in [0.25, 0.3) is 0 Å². The van der Waals surface area contributed by atoms with E-state index in [-0.39, 0.29) is 12.8 Å². The first kappa shape index (κ1) is 41.4. The van der Waals surface area contributed by atoms with Crippen molar-refractivity contribution in [2.45, 2.75) is 92.2 Å². The highest BCUT2D eigenvalue weighted by molar-refractivity contribution is 7.87. The Morgan fingerprint density at radius 2 is 0.907 bits per heavy atom. The topological polar surface area (TPSA) is 61.8 Å². The third-order valence-electron chi connectivity index (χ3n) is 4.70. The molecule has 0 heterocycles. The standard InChI is InChI=1S/C16H13F21O5S/c1-3-4-5-40-14(32,33)15(34,35)41-6(2)42-43(38,39)16(36,37)12(27,28)10(23,24)8(19,20)7(17,18)9(21,22)11(25,26)13(29,30)31/h6H,3-5H2,1-2H3. The number of halogens is 21. The van der Waals surface area contributed by atoms with Gasteiger partial charge in [-0.1, -0.05) is 13.3 Å². The van der Waals surface area contributed by atoms with Crippen LogP contribution in [0.1, 0.15) is 26.7 Å². The molecule has 0 aliphatic heterocycles. The molecule has 0 aliphatic carbocycles. The molecule has 0 radical (unpaired) electrons. The Morgan fingerprint density at radius 1 is 0.558 bits per heavy atom. The second-order valence-electron chi connectivity index (χ2n) is 7.93. The number of hydrogen-bond acceptors (Lipinski definition) is 5. The van der Waals surface area contributed by atoms with E-state index in [4.69, 9.17) is 0 Å². The van der Waals surface area contributed by atoms with Gasteiger partial charge in [0, 0.05) is 0 Å². The molecule has 0 fully saturated rings. The van der Waals surface area contributed by atoms with Gasteiger partial charge in [-0.2, -0.15) is 101 Å². The van der Waals surface area contributed by atoms with E-state index in [2.05, 4.69) is 13.7 Å². The van der Waals surface area contributed by atoms with Gasteiger partial charge in [-0.3, -0.25) is 4.74 Å². The number of rotatable bonds is 16. The Kier molecular flexibility index (Phi) is 11.2. The molecule has 27 heteroatoms. The van der Waals surface area contributed by atoms with Crippen molar-refractivity contribution in [1.82, 2.24) is 0 Å². The van der Waals surface area contributed by atoms with Gasteiger partial charge in [0.1, 0.15) is 0 Å². The van der Waals surface area contributed by atoms with Gasteiger partial charge in [0.15, 0.2) is 6.29 Å². The molecule has 0 N–H and O–H groups in total. The van der Waals surface area contributed by atoms with Gasteiger partial charge in [0.2, 0.25) is 0 Å². The van der Waals surface area contributed by atoms with Crippen LogP contribution in [0.25, 0.3) is 0 Å². The quantitative estimate of drug-likeness (QED) is 0.0711. The predicted molar refractivity (Wildman–Crippen MR) is 92.0 cm³/mol. The first-order chi connectivity index (χ1) is 18.4. The maximum absolute atomic E-state index is 13.9. The lowest BCUT2D eigenvalue weighted by atomic mass is 9.91. The summed E-state index contributed by atoms with van der Waals surface area (Å²) in [6.07, 6.45) is -24.3. The minimum atomic E-state index is -9.15. The summed E-state index contributed by atoms with van der Waals surface area (Å²) >= 11 is 0. The maximum Gasteiger partial charge on any atom is 0.460 e. The minimum Gasteiger partial charge on any atom is -0.313 e. The fourth-order valence-electron chi connectivity index (χ4n) is 2.27. The molecular formula is C16H13F21O5S. The van der Waals surface area contributed by atoms with Crippen molar-refractivity contribution in [1.29, 1.82) is 0 Å². The zero-order valence-electron chi connectivity index (χ0n) is 20.1. The SMILES string of the molecule is CCCCOC(F)(F)C(F)(F)OC(C)OS(=O)(=O)C(F)(F)C(F)(F)C(F)(F)C(F)(F)C(F)(F)C(F)(F)C(F)(F)C(F)(F)F. The molecule has 0 saturated heterocycles. The van der Waals surface area contributed by atoms with Crippen molar-refractivity contribution in [3.8, 4) is 0 Å². The van der Waals surface area contributed by atoms with Crippen molar-refractivity contribution >= 4 is 10.1 Å². The van der Waals surface area contributed by atoms with E-state index in [1.807, 2.05) is 0 Å². The lowest BCUT2D eigenvalue weighted by molar-refractivity contribution is -0.458. The predicted octanol–water partition coefficient (Wildman–Crippen LogP) is 7.66. The second-order valence-corrected chi connectivity index (χ2v) is 9.55. The van der Waals surface area contributed by atoms with E-state index in [0.717, 1.165) is 0 Å². The highest BCUT2D eigenvalue weighted by Crippen LogP contribution is 2.64. The third kappa shape index (κ3) is 6.53. The molecule has 0 bridgehead atoms. The summed E-state index contributed by atoms with van der Waals surface area (Å²) < 4.78 is 310. The van der Waals surface area contributed by atoms with Crippen LogP contribution in [-0.4, -0.2) is 80.5 Å². The summed E-state index contributed by atoms with van der Waals surface area (Å²) in [5, 5.41) is -8.22. The summed E-state index contributed by atoms with van der Waals surface area (Å²) in [4.78, 5) is 0. The van der Waals surface area contributed by atoms with Crippen LogP contribution in [0.2, 0.25) is 0 Å². The first-order valence-corrected chi connectivity index (χ1v) is 11.5. The smallest absolute Gasteiger partial charge is 0.313 e. The fraction of sp³-hybridized carbons (Fsp3) is 1.00. The van der Waals surface area contributed by atoms with Crippen molar-refractivity contribution in [2.75, 3.05) is 6.61 Å². The molecular weight excluding hydrogens is 703 g/mol. The summed E-state index contributed by atoms with van der Waals surface area (Å²) in [7, 11) is -8.33. The Labute approximate surface area is 224 Å². The van der Waals surface area contributed by atoms with Crippen LogP contribution in [0.4, 0.5) is 92.2 Å². The van der Waals surface area contributed by atoms with E-state index >= 15 is 0 Å². The van der Waals surface area contributed by atoms with Crippen LogP contribution in [0.5, 0.6) is 0 Å². The van der Waals surface area contributed by atoms with Crippen LogP contribution in [0.3, 0.4) is 0 Å². The van der Waals surface area contributed by atoms with Crippen LogP contribution < -0.4 is 0 Å². The van der Waals surface area contributed by atoms with Crippen molar-refractivity contribution < 1.29 is 114 Å². The van der Waals surface area contributed by atoms with Crippen molar-refractivity contribution in [3.63, 3.8) is 0 Å². The fourth-order valence-corrected chi connectivity index (χ4v) is 3.23. The highest BCUT2D eigenvalue weighted by Gasteiger charge is 2.96. The average Bonchev–Trinajstić information content (AvgIpc) is 2.76. The average molecular weight is 716 g/mol. The van der Waals surface area contributed by atoms with Crippen LogP contribution in [0.15, 0.2) is 0 Å². The minimum absolute atomic E-state index is 0.0154. The van der Waals surface area contributed by atoms with Gasteiger partial charge in [-0.05, 0) is 13.3 Å². The summed E-state index contributed by atoms with van der Waals surface area (Å²) in [6, 6.07) is 0. The molecule has 1 atom stereocenters. The van der Waals surface area contributed by atoms with E-state index in [1.54, 1.807) is 0 Å². The molecule has 1 unspecified atom stereocenters. The largest absolute Gasteiger partial charge is 0.460 e. The van der Waals surface area contributed by atoms with Gasteiger partial charge < -0.3 is 4.74 Å². The summed E-state index contributed by atoms with van der Waals surface area (Å²) in [5.74, 6) is -53.4. The molecule has 0 aliphatic rings. The Morgan fingerprint density at radius 3 is 1.26 bits per heavy atom. The van der Waals surface area contributed by atoms with E-state index < -0.39 is 89.1 Å². The monoisotopic (exact) mass is 716 g/mol.